The Hall–Kier alpha value is -3.33. The van der Waals surface area contributed by atoms with Gasteiger partial charge in [-0.25, -0.2) is 13.2 Å². The molecule has 9 heteroatoms. The molecule has 6 nitrogen and oxygen atoms in total. The molecule has 0 bridgehead atoms. The number of rotatable bonds is 7. The maximum absolute atomic E-state index is 15.7. The smallest absolute Gasteiger partial charge is 0.186 e. The molecule has 0 radical (unpaired) electrons. The summed E-state index contributed by atoms with van der Waals surface area (Å²) in [7, 11) is 1.44. The van der Waals surface area contributed by atoms with Gasteiger partial charge in [0.15, 0.2) is 17.5 Å². The normalized spacial score (nSPS) is 14.7. The Kier molecular flexibility index (Phi) is 7.98. The predicted octanol–water partition coefficient (Wildman–Crippen LogP) is 3.74. The Bertz CT molecular complexity index is 1260. The third-order valence-corrected chi connectivity index (χ3v) is 5.70. The highest BCUT2D eigenvalue weighted by atomic mass is 19.2. The second kappa shape index (κ2) is 10.7. The predicted molar refractivity (Wildman–Crippen MR) is 126 cm³/mol. The summed E-state index contributed by atoms with van der Waals surface area (Å²) in [5.74, 6) is -2.61. The van der Waals surface area contributed by atoms with Gasteiger partial charge in [-0.05, 0) is 30.5 Å². The summed E-state index contributed by atoms with van der Waals surface area (Å²) >= 11 is 0. The molecule has 0 saturated heterocycles. The minimum absolute atomic E-state index is 0.0700. The first-order valence-corrected chi connectivity index (χ1v) is 11.0. The minimum atomic E-state index is -1.09. The van der Waals surface area contributed by atoms with E-state index in [-0.39, 0.29) is 64.3 Å². The second-order valence-corrected chi connectivity index (χ2v) is 7.98. The summed E-state index contributed by atoms with van der Waals surface area (Å²) in [6.45, 7) is 7.50. The van der Waals surface area contributed by atoms with E-state index in [0.29, 0.717) is 12.1 Å². The number of pyridine rings is 1. The number of nitrogens with zero attached hydrogens (tertiary/aromatic N) is 3. The van der Waals surface area contributed by atoms with Crippen LogP contribution in [-0.4, -0.2) is 46.4 Å². The molecule has 1 aliphatic carbocycles. The molecular weight excluding hydrogens is 447 g/mol. The van der Waals surface area contributed by atoms with Gasteiger partial charge in [-0.3, -0.25) is 4.98 Å². The summed E-state index contributed by atoms with van der Waals surface area (Å²) in [6, 6.07) is 2.49. The van der Waals surface area contributed by atoms with Crippen LogP contribution >= 0.6 is 0 Å². The van der Waals surface area contributed by atoms with Gasteiger partial charge in [-0.2, -0.15) is 4.99 Å². The van der Waals surface area contributed by atoms with Crippen molar-refractivity contribution in [1.82, 2.24) is 9.88 Å². The number of aliphatic hydroxyl groups is 1. The molecular formula is C25H28F3N3O3. The molecule has 0 aliphatic heterocycles. The van der Waals surface area contributed by atoms with Crippen LogP contribution in [0.3, 0.4) is 0 Å². The highest BCUT2D eigenvalue weighted by Gasteiger charge is 2.26. The van der Waals surface area contributed by atoms with Crippen LogP contribution < -0.4 is 10.4 Å². The molecule has 34 heavy (non-hydrogen) atoms. The number of aliphatic hydroxyl groups excluding tert-OH is 1. The number of unbranched alkanes of at least 4 members (excludes halogenated alkanes) is 1. The van der Waals surface area contributed by atoms with Gasteiger partial charge < -0.3 is 19.8 Å². The number of hydrogen-bond donors (Lipinski definition) is 2. The van der Waals surface area contributed by atoms with Crippen molar-refractivity contribution in [3.05, 3.63) is 51.5 Å². The van der Waals surface area contributed by atoms with Crippen LogP contribution in [0.5, 0.6) is 5.75 Å². The number of benzene rings is 1. The Morgan fingerprint density at radius 2 is 2.00 bits per heavy atom. The Morgan fingerprint density at radius 3 is 2.65 bits per heavy atom. The number of aromatic hydroxyl groups is 1. The van der Waals surface area contributed by atoms with Crippen LogP contribution in [0.25, 0.3) is 29.5 Å². The SMILES string of the molecule is C=c1c(F)c(-c2cc(O)cc3c2C(F)=C(F)CC3)nc/c1=C(/N=C(\C)OC)N(CO)CCCC. The zero-order valence-corrected chi connectivity index (χ0v) is 19.5. The number of aryl methyl sites for hydroxylation is 1. The number of halogens is 3. The van der Waals surface area contributed by atoms with Crippen LogP contribution in [0, 0.1) is 5.82 Å². The molecule has 2 aromatic rings. The zero-order valence-electron chi connectivity index (χ0n) is 19.5. The largest absolute Gasteiger partial charge is 0.508 e. The van der Waals surface area contributed by atoms with Gasteiger partial charge >= 0.3 is 0 Å². The molecule has 1 aromatic heterocycles. The first-order valence-electron chi connectivity index (χ1n) is 11.0. The average Bonchev–Trinajstić information content (AvgIpc) is 2.82. The fourth-order valence-electron chi connectivity index (χ4n) is 3.81. The Balaban J connectivity index is 2.31. The van der Waals surface area contributed by atoms with E-state index in [1.165, 1.54) is 19.4 Å². The molecule has 1 aliphatic rings. The first-order chi connectivity index (χ1) is 16.2. The molecule has 182 valence electrons. The number of hydrogen-bond acceptors (Lipinski definition) is 6. The summed E-state index contributed by atoms with van der Waals surface area (Å²) < 4.78 is 49.6. The van der Waals surface area contributed by atoms with E-state index in [2.05, 4.69) is 16.6 Å². The van der Waals surface area contributed by atoms with Crippen molar-refractivity contribution in [3.8, 4) is 17.0 Å². The Labute approximate surface area is 196 Å². The van der Waals surface area contributed by atoms with Crippen molar-refractivity contribution < 1.29 is 28.1 Å². The van der Waals surface area contributed by atoms with Gasteiger partial charge in [-0.15, -0.1) is 0 Å². The number of methoxy groups -OCH3 is 1. The molecule has 0 fully saturated rings. The number of aliphatic imine (C=N–C) groups is 1. The van der Waals surface area contributed by atoms with E-state index in [0.717, 1.165) is 18.9 Å². The zero-order chi connectivity index (χ0) is 25.0. The minimum Gasteiger partial charge on any atom is -0.508 e. The van der Waals surface area contributed by atoms with E-state index in [1.807, 2.05) is 6.92 Å². The summed E-state index contributed by atoms with van der Waals surface area (Å²) in [5.41, 5.74) is -0.109. The van der Waals surface area contributed by atoms with E-state index in [9.17, 15) is 19.0 Å². The van der Waals surface area contributed by atoms with Crippen LogP contribution in [0.1, 0.15) is 44.2 Å². The van der Waals surface area contributed by atoms with Crippen molar-refractivity contribution in [2.45, 2.75) is 39.5 Å². The quantitative estimate of drug-likeness (QED) is 0.363. The van der Waals surface area contributed by atoms with Crippen LogP contribution in [0.2, 0.25) is 0 Å². The first kappa shape index (κ1) is 25.3. The van der Waals surface area contributed by atoms with Gasteiger partial charge in [0.1, 0.15) is 29.8 Å². The van der Waals surface area contributed by atoms with E-state index in [4.69, 9.17) is 4.74 Å². The maximum atomic E-state index is 15.7. The lowest BCUT2D eigenvalue weighted by molar-refractivity contribution is 0.156. The summed E-state index contributed by atoms with van der Waals surface area (Å²) in [4.78, 5) is 10.1. The molecule has 0 spiro atoms. The lowest BCUT2D eigenvalue weighted by Crippen LogP contribution is -2.37. The Morgan fingerprint density at radius 1 is 1.26 bits per heavy atom. The van der Waals surface area contributed by atoms with Gasteiger partial charge in [0, 0.05) is 47.7 Å². The van der Waals surface area contributed by atoms with Crippen molar-refractivity contribution in [2.75, 3.05) is 20.4 Å². The van der Waals surface area contributed by atoms with E-state index >= 15 is 4.39 Å². The molecule has 0 atom stereocenters. The van der Waals surface area contributed by atoms with Crippen LogP contribution in [0.4, 0.5) is 13.2 Å². The monoisotopic (exact) mass is 475 g/mol. The average molecular weight is 476 g/mol. The van der Waals surface area contributed by atoms with Gasteiger partial charge in [0.2, 0.25) is 0 Å². The van der Waals surface area contributed by atoms with Crippen molar-refractivity contribution in [2.24, 2.45) is 4.99 Å². The van der Waals surface area contributed by atoms with Crippen molar-refractivity contribution in [1.29, 1.82) is 0 Å². The van der Waals surface area contributed by atoms with E-state index in [1.54, 1.807) is 11.8 Å². The van der Waals surface area contributed by atoms with Crippen LogP contribution in [0.15, 0.2) is 29.1 Å². The number of phenols is 1. The molecule has 0 saturated carbocycles. The summed E-state index contributed by atoms with van der Waals surface area (Å²) in [6.07, 6.45) is 2.95. The second-order valence-electron chi connectivity index (χ2n) is 7.98. The topological polar surface area (TPSA) is 78.2 Å². The number of phenolic OH excluding ortho intramolecular Hbond substituents is 1. The maximum Gasteiger partial charge on any atom is 0.186 e. The highest BCUT2D eigenvalue weighted by Crippen LogP contribution is 2.41. The lowest BCUT2D eigenvalue weighted by Gasteiger charge is -2.23. The highest BCUT2D eigenvalue weighted by molar-refractivity contribution is 5.82. The lowest BCUT2D eigenvalue weighted by atomic mass is 9.89. The third kappa shape index (κ3) is 4.94. The number of ether oxygens (including phenoxy) is 1. The molecule has 2 N–H and O–H groups in total. The fourth-order valence-corrected chi connectivity index (χ4v) is 3.81. The molecule has 0 amide bonds. The van der Waals surface area contributed by atoms with Gasteiger partial charge in [0.25, 0.3) is 0 Å². The molecule has 1 aromatic carbocycles. The number of aromatic nitrogens is 1. The molecule has 1 heterocycles. The van der Waals surface area contributed by atoms with Crippen LogP contribution in [-0.2, 0) is 11.2 Å². The van der Waals surface area contributed by atoms with E-state index < -0.39 is 17.5 Å². The third-order valence-electron chi connectivity index (χ3n) is 5.70. The standard InChI is InChI=1S/C25H28F3N3O3/c1-5-6-9-31(13-32)25(30-15(3)34-4)19-12-29-24(22(27)14(19)2)18-11-17(33)10-16-7-8-20(26)23(28)21(16)18/h10-12,32-33H,2,5-9,13H2,1,3-4H3/b25-19+,30-15+. The van der Waals surface area contributed by atoms with Crippen molar-refractivity contribution >= 4 is 24.1 Å². The molecule has 3 rings (SSSR count). The van der Waals surface area contributed by atoms with Gasteiger partial charge in [-0.1, -0.05) is 19.9 Å². The molecule has 0 unspecified atom stereocenters. The fraction of sp³-hybridized carbons (Fsp3) is 0.360. The summed E-state index contributed by atoms with van der Waals surface area (Å²) in [5, 5.41) is 20.2. The number of fused-ring (bicyclic) bond motifs is 1. The van der Waals surface area contributed by atoms with Gasteiger partial charge in [0.05, 0.1) is 7.11 Å². The van der Waals surface area contributed by atoms with Crippen molar-refractivity contribution in [3.63, 3.8) is 0 Å². The number of allylic oxidation sites excluding steroid dienone is 1.